The molecule has 0 bridgehead atoms. The molecule has 0 atom stereocenters. The maximum atomic E-state index is 9.00. The van der Waals surface area contributed by atoms with Gasteiger partial charge in [0, 0.05) is 6.92 Å². The van der Waals surface area contributed by atoms with Crippen molar-refractivity contribution in [2.45, 2.75) is 6.92 Å². The van der Waals surface area contributed by atoms with Crippen LogP contribution in [0.1, 0.15) is 6.92 Å². The summed E-state index contributed by atoms with van der Waals surface area (Å²) >= 11 is 2.04. The van der Waals surface area contributed by atoms with Crippen LogP contribution in [-0.4, -0.2) is 16.0 Å². The standard InChI is InChI=1S/C2H4O2.CHO.Rh/c1-2(3)4;1-2;/h1H3,(H,3,4);1H;. The van der Waals surface area contributed by atoms with Crippen LogP contribution in [0, 0.1) is 0 Å². The predicted molar refractivity (Wildman–Crippen MR) is 20.1 cm³/mol. The second kappa shape index (κ2) is 9.23. The summed E-state index contributed by atoms with van der Waals surface area (Å²) in [6, 6.07) is 0. The van der Waals surface area contributed by atoms with E-state index in [1.54, 1.807) is 0 Å². The van der Waals surface area contributed by atoms with E-state index in [0.717, 1.165) is 6.92 Å². The molecule has 0 saturated heterocycles. The van der Waals surface area contributed by atoms with Gasteiger partial charge >= 0.3 is 28.0 Å². The molecule has 0 aliphatic heterocycles. The number of carbonyl (C=O) groups excluding carboxylic acids is 1. The van der Waals surface area contributed by atoms with Crippen molar-refractivity contribution in [3.63, 3.8) is 0 Å². The first-order chi connectivity index (χ1) is 3.15. The predicted octanol–water partition coefficient (Wildman–Crippen LogP) is -0.186. The minimum atomic E-state index is -0.833. The van der Waals surface area contributed by atoms with Crippen molar-refractivity contribution in [2.24, 2.45) is 0 Å². The van der Waals surface area contributed by atoms with Gasteiger partial charge in [-0.25, -0.2) is 0 Å². The first-order valence-electron chi connectivity index (χ1n) is 1.36. The Hall–Kier alpha value is -0.237. The van der Waals surface area contributed by atoms with E-state index in [4.69, 9.17) is 14.7 Å². The molecular weight excluding hydrogens is 187 g/mol. The second-order valence-corrected chi connectivity index (χ2v) is 0.984. The van der Waals surface area contributed by atoms with Gasteiger partial charge in [0.15, 0.2) is 0 Å². The molecule has 7 heavy (non-hydrogen) atoms. The van der Waals surface area contributed by atoms with E-state index in [9.17, 15) is 0 Å². The molecular formula is C3H5O3Rh. The van der Waals surface area contributed by atoms with E-state index in [1.807, 2.05) is 18.3 Å². The molecule has 0 aromatic carbocycles. The van der Waals surface area contributed by atoms with Crippen molar-refractivity contribution in [1.82, 2.24) is 0 Å². The number of rotatable bonds is 0. The van der Waals surface area contributed by atoms with Crippen LogP contribution in [0.15, 0.2) is 0 Å². The van der Waals surface area contributed by atoms with Crippen LogP contribution < -0.4 is 0 Å². The van der Waals surface area contributed by atoms with Crippen LogP contribution in [0.25, 0.3) is 0 Å². The van der Waals surface area contributed by atoms with Gasteiger partial charge in [-0.05, 0) is 0 Å². The summed E-state index contributed by atoms with van der Waals surface area (Å²) in [5.74, 6) is -0.833. The molecule has 0 unspecified atom stereocenters. The van der Waals surface area contributed by atoms with E-state index in [2.05, 4.69) is 0 Å². The fourth-order valence-electron chi connectivity index (χ4n) is 0. The molecule has 0 aromatic rings. The van der Waals surface area contributed by atoms with E-state index >= 15 is 0 Å². The molecule has 0 aliphatic rings. The molecule has 1 N–H and O–H groups in total. The van der Waals surface area contributed by atoms with Crippen LogP contribution in [-0.2, 0) is 27.9 Å². The Kier molecular flexibility index (Phi) is 13.1. The molecule has 0 heterocycles. The summed E-state index contributed by atoms with van der Waals surface area (Å²) in [5.41, 5.74) is 0. The molecule has 0 spiro atoms. The third-order valence-electron chi connectivity index (χ3n) is 0. The fraction of sp³-hybridized carbons (Fsp3) is 0.333. The van der Waals surface area contributed by atoms with Gasteiger partial charge in [0.1, 0.15) is 0 Å². The average Bonchev–Trinajstić information content (AvgIpc) is 1.33. The van der Waals surface area contributed by atoms with E-state index < -0.39 is 5.97 Å². The molecule has 0 fully saturated rings. The minimum absolute atomic E-state index is 0.640. The molecule has 0 rings (SSSR count). The van der Waals surface area contributed by atoms with Gasteiger partial charge in [0.2, 0.25) is 0 Å². The summed E-state index contributed by atoms with van der Waals surface area (Å²) in [6.07, 6.45) is 0. The molecule has 4 heteroatoms. The van der Waals surface area contributed by atoms with E-state index in [0.29, 0.717) is 4.88 Å². The molecule has 0 aromatic heterocycles. The summed E-state index contributed by atoms with van der Waals surface area (Å²) in [6.45, 7) is 1.08. The third-order valence-corrected chi connectivity index (χ3v) is 0. The number of carbonyl (C=O) groups is 2. The second-order valence-electron chi connectivity index (χ2n) is 0.598. The Balaban J connectivity index is 0. The van der Waals surface area contributed by atoms with Crippen LogP contribution in [0.3, 0.4) is 0 Å². The van der Waals surface area contributed by atoms with Crippen molar-refractivity contribution in [3.05, 3.63) is 0 Å². The Morgan fingerprint density at radius 1 is 1.86 bits per heavy atom. The Morgan fingerprint density at radius 2 is 1.86 bits per heavy atom. The van der Waals surface area contributed by atoms with Crippen molar-refractivity contribution < 1.29 is 33.0 Å². The quantitative estimate of drug-likeness (QED) is 0.427. The summed E-state index contributed by atoms with van der Waals surface area (Å²) < 4.78 is 0. The summed E-state index contributed by atoms with van der Waals surface area (Å²) in [5, 5.41) is 7.42. The van der Waals surface area contributed by atoms with Gasteiger partial charge in [-0.3, -0.25) is 4.79 Å². The molecule has 3 nitrogen and oxygen atoms in total. The fourth-order valence-corrected chi connectivity index (χ4v) is 0. The molecule has 0 amide bonds. The molecule has 0 radical (unpaired) electrons. The molecule has 0 aliphatic carbocycles. The number of aliphatic carboxylic acids is 1. The van der Waals surface area contributed by atoms with Crippen LogP contribution >= 0.6 is 0 Å². The van der Waals surface area contributed by atoms with Crippen LogP contribution in [0.4, 0.5) is 0 Å². The average molecular weight is 192 g/mol. The number of hydrogen-bond acceptors (Lipinski definition) is 2. The van der Waals surface area contributed by atoms with E-state index in [1.165, 1.54) is 0 Å². The summed E-state index contributed by atoms with van der Waals surface area (Å²) in [7, 11) is 0. The first kappa shape index (κ1) is 9.90. The Morgan fingerprint density at radius 3 is 1.86 bits per heavy atom. The van der Waals surface area contributed by atoms with Gasteiger partial charge in [0.05, 0.1) is 0 Å². The van der Waals surface area contributed by atoms with Crippen molar-refractivity contribution in [2.75, 3.05) is 0 Å². The SMILES string of the molecule is CC(=O)O.O=[CH][Rh]. The van der Waals surface area contributed by atoms with Gasteiger partial charge in [-0.2, -0.15) is 0 Å². The molecule has 0 saturated carbocycles. The maximum absolute atomic E-state index is 9.00. The zero-order valence-corrected chi connectivity index (χ0v) is 5.31. The zero-order valence-electron chi connectivity index (χ0n) is 3.67. The zero-order chi connectivity index (χ0) is 6.28. The Bertz CT molecular complexity index is 57.2. The van der Waals surface area contributed by atoms with Gasteiger partial charge < -0.3 is 5.11 Å². The molecule has 44 valence electrons. The van der Waals surface area contributed by atoms with E-state index in [-0.39, 0.29) is 0 Å². The normalized spacial score (nSPS) is 5.57. The van der Waals surface area contributed by atoms with Gasteiger partial charge in [0.25, 0.3) is 5.97 Å². The topological polar surface area (TPSA) is 54.4 Å². The number of hydrogen-bond donors (Lipinski definition) is 1. The number of carboxylic acids is 1. The van der Waals surface area contributed by atoms with Crippen molar-refractivity contribution >= 4 is 10.8 Å². The monoisotopic (exact) mass is 192 g/mol. The number of carboxylic acid groups (broad SMARTS) is 1. The van der Waals surface area contributed by atoms with Crippen molar-refractivity contribution in [1.29, 1.82) is 0 Å². The van der Waals surface area contributed by atoms with Crippen molar-refractivity contribution in [3.8, 4) is 0 Å². The first-order valence-corrected chi connectivity index (χ1v) is 2.30. The third kappa shape index (κ3) is 1460. The van der Waals surface area contributed by atoms with Gasteiger partial charge in [-0.15, -0.1) is 0 Å². The van der Waals surface area contributed by atoms with Gasteiger partial charge in [-0.1, -0.05) is 0 Å². The Labute approximate surface area is 51.4 Å². The van der Waals surface area contributed by atoms with Crippen LogP contribution in [0.5, 0.6) is 0 Å². The summed E-state index contributed by atoms with van der Waals surface area (Å²) in [4.78, 5) is 18.4. The van der Waals surface area contributed by atoms with Crippen LogP contribution in [0.2, 0.25) is 0 Å².